The highest BCUT2D eigenvalue weighted by atomic mass is 32.1. The molecule has 29 heavy (non-hydrogen) atoms. The zero-order valence-electron chi connectivity index (χ0n) is 15.6. The Hall–Kier alpha value is -3.23. The van der Waals surface area contributed by atoms with E-state index in [1.165, 1.54) is 11.2 Å². The monoisotopic (exact) mass is 402 g/mol. The molecule has 0 amide bonds. The molecule has 0 unspecified atom stereocenters. The van der Waals surface area contributed by atoms with E-state index in [1.54, 1.807) is 23.7 Å². The highest BCUT2D eigenvalue weighted by Gasteiger charge is 2.23. The number of nitrogens with one attached hydrogen (secondary N) is 1. The van der Waals surface area contributed by atoms with Crippen LogP contribution in [0.2, 0.25) is 0 Å². The van der Waals surface area contributed by atoms with Gasteiger partial charge < -0.3 is 4.98 Å². The number of rotatable bonds is 4. The zero-order valence-corrected chi connectivity index (χ0v) is 16.4. The van der Waals surface area contributed by atoms with Crippen LogP contribution in [0.1, 0.15) is 16.1 Å². The predicted octanol–water partition coefficient (Wildman–Crippen LogP) is 2.91. The first-order valence-electron chi connectivity index (χ1n) is 9.35. The largest absolute Gasteiger partial charge is 0.306 e. The molecule has 0 atom stereocenters. The first kappa shape index (κ1) is 17.8. The number of hydrogen-bond donors (Lipinski definition) is 1. The summed E-state index contributed by atoms with van der Waals surface area (Å²) in [5, 5.41) is 0. The predicted molar refractivity (Wildman–Crippen MR) is 111 cm³/mol. The van der Waals surface area contributed by atoms with Crippen molar-refractivity contribution in [2.75, 3.05) is 6.54 Å². The molecular weight excluding hydrogens is 384 g/mol. The highest BCUT2D eigenvalue weighted by molar-refractivity contribution is 7.10. The average molecular weight is 402 g/mol. The Balaban J connectivity index is 1.39. The summed E-state index contributed by atoms with van der Waals surface area (Å²) in [6.45, 7) is 2.19. The number of nitrogens with zero attached hydrogens (tertiary/aromatic N) is 5. The van der Waals surface area contributed by atoms with Gasteiger partial charge in [0.25, 0.3) is 5.56 Å². The molecule has 1 aromatic carbocycles. The molecule has 0 bridgehead atoms. The van der Waals surface area contributed by atoms with Crippen molar-refractivity contribution in [3.8, 4) is 22.6 Å². The van der Waals surface area contributed by atoms with Crippen LogP contribution in [0.15, 0.2) is 59.4 Å². The third kappa shape index (κ3) is 3.59. The van der Waals surface area contributed by atoms with Crippen LogP contribution < -0.4 is 5.56 Å². The lowest BCUT2D eigenvalue weighted by Gasteiger charge is -2.27. The fourth-order valence-electron chi connectivity index (χ4n) is 3.59. The Labute approximate surface area is 171 Å². The van der Waals surface area contributed by atoms with E-state index in [9.17, 15) is 4.79 Å². The second-order valence-electron chi connectivity index (χ2n) is 6.92. The van der Waals surface area contributed by atoms with Crippen molar-refractivity contribution in [3.63, 3.8) is 0 Å². The molecule has 4 heterocycles. The molecule has 0 saturated heterocycles. The summed E-state index contributed by atoms with van der Waals surface area (Å²) in [6.07, 6.45) is 5.50. The smallest absolute Gasteiger partial charge is 0.255 e. The third-order valence-corrected chi connectivity index (χ3v) is 5.85. The van der Waals surface area contributed by atoms with E-state index in [-0.39, 0.29) is 5.56 Å². The number of H-pyrrole nitrogens is 1. The average Bonchev–Trinajstić information content (AvgIpc) is 3.23. The van der Waals surface area contributed by atoms with Crippen molar-refractivity contribution in [1.29, 1.82) is 0 Å². The van der Waals surface area contributed by atoms with Gasteiger partial charge in [-0.1, -0.05) is 30.3 Å². The van der Waals surface area contributed by atoms with Crippen LogP contribution in [0.4, 0.5) is 0 Å². The van der Waals surface area contributed by atoms with Crippen LogP contribution >= 0.6 is 11.3 Å². The van der Waals surface area contributed by atoms with E-state index < -0.39 is 0 Å². The summed E-state index contributed by atoms with van der Waals surface area (Å²) < 4.78 is 0. The van der Waals surface area contributed by atoms with Crippen molar-refractivity contribution in [2.24, 2.45) is 0 Å². The summed E-state index contributed by atoms with van der Waals surface area (Å²) >= 11 is 1.66. The normalized spacial score (nSPS) is 13.9. The maximum absolute atomic E-state index is 12.7. The molecule has 0 spiro atoms. The van der Waals surface area contributed by atoms with Gasteiger partial charge in [0.05, 0.1) is 28.0 Å². The van der Waals surface area contributed by atoms with Crippen LogP contribution in [0.25, 0.3) is 22.6 Å². The maximum Gasteiger partial charge on any atom is 0.255 e. The molecule has 1 aliphatic rings. The van der Waals surface area contributed by atoms with E-state index in [0.29, 0.717) is 17.9 Å². The molecule has 144 valence electrons. The van der Waals surface area contributed by atoms with Gasteiger partial charge in [0.15, 0.2) is 0 Å². The Morgan fingerprint density at radius 1 is 1.10 bits per heavy atom. The molecule has 5 rings (SSSR count). The number of benzene rings is 1. The molecule has 4 aromatic rings. The number of aromatic nitrogens is 5. The van der Waals surface area contributed by atoms with Gasteiger partial charge in [-0.3, -0.25) is 9.69 Å². The van der Waals surface area contributed by atoms with Gasteiger partial charge in [0, 0.05) is 48.9 Å². The Morgan fingerprint density at radius 3 is 2.76 bits per heavy atom. The van der Waals surface area contributed by atoms with Crippen LogP contribution in [0, 0.1) is 0 Å². The van der Waals surface area contributed by atoms with E-state index in [1.807, 2.05) is 23.7 Å². The summed E-state index contributed by atoms with van der Waals surface area (Å²) in [7, 11) is 0. The van der Waals surface area contributed by atoms with Crippen molar-refractivity contribution < 1.29 is 0 Å². The minimum absolute atomic E-state index is 0.0915. The fraction of sp³-hybridized carbons (Fsp3) is 0.190. The third-order valence-electron chi connectivity index (χ3n) is 5.04. The second kappa shape index (κ2) is 7.65. The van der Waals surface area contributed by atoms with E-state index in [4.69, 9.17) is 0 Å². The number of aromatic amines is 1. The number of hydrogen-bond acceptors (Lipinski definition) is 7. The lowest BCUT2D eigenvalue weighted by molar-refractivity contribution is 0.244. The molecule has 8 heteroatoms. The standard InChI is InChI=1S/C21H18N6OS/c28-21-16-10-27(11-18-19(24-13-29-18)14-4-2-1-3-5-14)7-6-17(16)25-20(26-21)15-8-22-12-23-9-15/h1-5,8-9,12-13H,6-7,10-11H2,(H,25,26,28). The second-order valence-corrected chi connectivity index (χ2v) is 7.86. The molecule has 1 N–H and O–H groups in total. The quantitative estimate of drug-likeness (QED) is 0.565. The molecule has 7 nitrogen and oxygen atoms in total. The minimum Gasteiger partial charge on any atom is -0.306 e. The Kier molecular flexibility index (Phi) is 4.71. The van der Waals surface area contributed by atoms with Crippen molar-refractivity contribution in [2.45, 2.75) is 19.5 Å². The molecular formula is C21H18N6OS. The van der Waals surface area contributed by atoms with Gasteiger partial charge in [-0.2, -0.15) is 0 Å². The molecule has 3 aromatic heterocycles. The minimum atomic E-state index is -0.0915. The van der Waals surface area contributed by atoms with E-state index in [2.05, 4.69) is 42.0 Å². The SMILES string of the molecule is O=c1[nH]c(-c2cncnc2)nc2c1CN(Cc1scnc1-c1ccccc1)CC2. The number of thiazole rings is 1. The lowest BCUT2D eigenvalue weighted by Crippen LogP contribution is -2.35. The van der Waals surface area contributed by atoms with E-state index >= 15 is 0 Å². The summed E-state index contributed by atoms with van der Waals surface area (Å²) in [6, 6.07) is 10.2. The molecule has 0 fully saturated rings. The van der Waals surface area contributed by atoms with E-state index in [0.717, 1.165) is 42.0 Å². The fourth-order valence-corrected chi connectivity index (χ4v) is 4.42. The first-order valence-corrected chi connectivity index (χ1v) is 10.2. The zero-order chi connectivity index (χ0) is 19.6. The summed E-state index contributed by atoms with van der Waals surface area (Å²) in [5.41, 5.74) is 6.25. The summed E-state index contributed by atoms with van der Waals surface area (Å²) in [5.74, 6) is 0.525. The Bertz CT molecular complexity index is 1190. The number of fused-ring (bicyclic) bond motifs is 1. The molecule has 0 radical (unpaired) electrons. The van der Waals surface area contributed by atoms with Crippen molar-refractivity contribution in [1.82, 2.24) is 29.8 Å². The van der Waals surface area contributed by atoms with Gasteiger partial charge in [0.2, 0.25) is 0 Å². The van der Waals surface area contributed by atoms with Gasteiger partial charge in [0.1, 0.15) is 12.2 Å². The van der Waals surface area contributed by atoms with Gasteiger partial charge >= 0.3 is 0 Å². The van der Waals surface area contributed by atoms with Crippen molar-refractivity contribution in [3.05, 3.63) is 81.1 Å². The van der Waals surface area contributed by atoms with Crippen LogP contribution in [0.3, 0.4) is 0 Å². The molecule has 0 aliphatic carbocycles. The maximum atomic E-state index is 12.7. The Morgan fingerprint density at radius 2 is 1.93 bits per heavy atom. The first-order chi connectivity index (χ1) is 14.3. The highest BCUT2D eigenvalue weighted by Crippen LogP contribution is 2.28. The lowest BCUT2D eigenvalue weighted by atomic mass is 10.1. The van der Waals surface area contributed by atoms with Crippen LogP contribution in [-0.4, -0.2) is 36.4 Å². The topological polar surface area (TPSA) is 87.7 Å². The van der Waals surface area contributed by atoms with Gasteiger partial charge in [-0.25, -0.2) is 19.9 Å². The van der Waals surface area contributed by atoms with Crippen LogP contribution in [-0.2, 0) is 19.5 Å². The van der Waals surface area contributed by atoms with Gasteiger partial charge in [-0.15, -0.1) is 11.3 Å². The van der Waals surface area contributed by atoms with Crippen LogP contribution in [0.5, 0.6) is 0 Å². The molecule has 1 aliphatic heterocycles. The molecule has 0 saturated carbocycles. The van der Waals surface area contributed by atoms with Gasteiger partial charge in [-0.05, 0) is 0 Å². The summed E-state index contributed by atoms with van der Waals surface area (Å²) in [4.78, 5) is 36.3. The van der Waals surface area contributed by atoms with Crippen molar-refractivity contribution >= 4 is 11.3 Å².